The molecule has 2 rings (SSSR count). The number of carbonyl (C=O) groups excluding carboxylic acids is 1. The number of nitrogens with zero attached hydrogens (tertiary/aromatic N) is 2. The van der Waals surface area contributed by atoms with Gasteiger partial charge >= 0.3 is 0 Å². The van der Waals surface area contributed by atoms with E-state index in [-0.39, 0.29) is 12.5 Å². The topological polar surface area (TPSA) is 67.2 Å². The average Bonchev–Trinajstić information content (AvgIpc) is 2.90. The van der Waals surface area contributed by atoms with Gasteiger partial charge in [-0.25, -0.2) is 0 Å². The molecule has 0 aromatic carbocycles. The van der Waals surface area contributed by atoms with Gasteiger partial charge < -0.3 is 10.4 Å². The van der Waals surface area contributed by atoms with E-state index in [2.05, 4.69) is 17.3 Å². The van der Waals surface area contributed by atoms with Gasteiger partial charge in [-0.1, -0.05) is 26.7 Å². The Kier molecular flexibility index (Phi) is 5.04. The molecule has 21 heavy (non-hydrogen) atoms. The zero-order valence-electron chi connectivity index (χ0n) is 13.4. The molecule has 5 nitrogen and oxygen atoms in total. The molecular formula is C16H27N3O2. The summed E-state index contributed by atoms with van der Waals surface area (Å²) in [4.78, 5) is 12.6. The third-order valence-electron chi connectivity index (χ3n) is 4.50. The summed E-state index contributed by atoms with van der Waals surface area (Å²) in [7, 11) is 0. The van der Waals surface area contributed by atoms with Gasteiger partial charge in [-0.3, -0.25) is 9.48 Å². The molecule has 2 atom stereocenters. The number of aliphatic hydroxyl groups is 1. The molecule has 1 fully saturated rings. The lowest BCUT2D eigenvalue weighted by Gasteiger charge is -2.39. The molecule has 1 aromatic rings. The van der Waals surface area contributed by atoms with Gasteiger partial charge in [0.15, 0.2) is 0 Å². The van der Waals surface area contributed by atoms with E-state index in [1.165, 1.54) is 6.42 Å². The lowest BCUT2D eigenvalue weighted by molar-refractivity contribution is 0.0688. The van der Waals surface area contributed by atoms with E-state index < -0.39 is 5.54 Å². The number of aromatic nitrogens is 2. The molecule has 0 bridgehead atoms. The van der Waals surface area contributed by atoms with Crippen molar-refractivity contribution in [2.45, 2.75) is 65.0 Å². The summed E-state index contributed by atoms with van der Waals surface area (Å²) in [6.45, 7) is 6.87. The molecule has 1 aliphatic carbocycles. The van der Waals surface area contributed by atoms with Crippen molar-refractivity contribution < 1.29 is 9.90 Å². The normalized spacial score (nSPS) is 25.8. The SMILES string of the molecule is CCc1cc(C(=O)NC2(CO)CCCC(C)C2)n(CC)n1. The monoisotopic (exact) mass is 293 g/mol. The van der Waals surface area contributed by atoms with E-state index in [0.717, 1.165) is 31.4 Å². The fourth-order valence-electron chi connectivity index (χ4n) is 3.33. The molecule has 1 aliphatic rings. The number of amides is 1. The quantitative estimate of drug-likeness (QED) is 0.874. The highest BCUT2D eigenvalue weighted by atomic mass is 16.3. The van der Waals surface area contributed by atoms with Crippen molar-refractivity contribution in [1.82, 2.24) is 15.1 Å². The summed E-state index contributed by atoms with van der Waals surface area (Å²) >= 11 is 0. The van der Waals surface area contributed by atoms with Crippen LogP contribution in [0.3, 0.4) is 0 Å². The summed E-state index contributed by atoms with van der Waals surface area (Å²) in [5, 5.41) is 17.3. The second-order valence-electron chi connectivity index (χ2n) is 6.28. The lowest BCUT2D eigenvalue weighted by Crippen LogP contribution is -2.54. The van der Waals surface area contributed by atoms with E-state index in [9.17, 15) is 9.90 Å². The van der Waals surface area contributed by atoms with E-state index in [1.54, 1.807) is 4.68 Å². The minimum atomic E-state index is -0.468. The molecule has 0 saturated heterocycles. The van der Waals surface area contributed by atoms with Gasteiger partial charge in [0.05, 0.1) is 17.8 Å². The van der Waals surface area contributed by atoms with Crippen LogP contribution in [0.25, 0.3) is 0 Å². The smallest absolute Gasteiger partial charge is 0.270 e. The fourth-order valence-corrected chi connectivity index (χ4v) is 3.33. The number of hydrogen-bond acceptors (Lipinski definition) is 3. The van der Waals surface area contributed by atoms with Crippen molar-refractivity contribution in [2.24, 2.45) is 5.92 Å². The van der Waals surface area contributed by atoms with E-state index in [4.69, 9.17) is 0 Å². The van der Waals surface area contributed by atoms with Gasteiger partial charge in [0.1, 0.15) is 5.69 Å². The largest absolute Gasteiger partial charge is 0.394 e. The van der Waals surface area contributed by atoms with Gasteiger partial charge in [-0.2, -0.15) is 5.10 Å². The van der Waals surface area contributed by atoms with Crippen molar-refractivity contribution in [1.29, 1.82) is 0 Å². The number of aliphatic hydroxyl groups excluding tert-OH is 1. The highest BCUT2D eigenvalue weighted by Crippen LogP contribution is 2.32. The van der Waals surface area contributed by atoms with Crippen molar-refractivity contribution in [2.75, 3.05) is 6.61 Å². The summed E-state index contributed by atoms with van der Waals surface area (Å²) in [5.74, 6) is 0.417. The second-order valence-corrected chi connectivity index (χ2v) is 6.28. The maximum absolute atomic E-state index is 12.6. The summed E-state index contributed by atoms with van der Waals surface area (Å²) < 4.78 is 1.74. The van der Waals surface area contributed by atoms with Gasteiger partial charge in [-0.05, 0) is 38.2 Å². The van der Waals surface area contributed by atoms with Crippen LogP contribution in [0.4, 0.5) is 0 Å². The Bertz CT molecular complexity index is 498. The van der Waals surface area contributed by atoms with Gasteiger partial charge in [0.25, 0.3) is 5.91 Å². The molecule has 1 amide bonds. The number of nitrogens with one attached hydrogen (secondary N) is 1. The van der Waals surface area contributed by atoms with Crippen molar-refractivity contribution in [3.05, 3.63) is 17.5 Å². The Balaban J connectivity index is 2.17. The Morgan fingerprint density at radius 2 is 2.33 bits per heavy atom. The van der Waals surface area contributed by atoms with E-state index in [0.29, 0.717) is 18.2 Å². The third-order valence-corrected chi connectivity index (χ3v) is 4.50. The highest BCUT2D eigenvalue weighted by molar-refractivity contribution is 5.93. The number of hydrogen-bond donors (Lipinski definition) is 2. The van der Waals surface area contributed by atoms with Crippen LogP contribution in [0.5, 0.6) is 0 Å². The first kappa shape index (κ1) is 16.0. The molecule has 1 aromatic heterocycles. The maximum Gasteiger partial charge on any atom is 0.270 e. The molecule has 2 unspecified atom stereocenters. The molecule has 5 heteroatoms. The van der Waals surface area contributed by atoms with Crippen LogP contribution in [0.15, 0.2) is 6.07 Å². The number of aryl methyl sites for hydroxylation is 2. The first-order valence-electron chi connectivity index (χ1n) is 8.03. The Morgan fingerprint density at radius 1 is 1.57 bits per heavy atom. The Morgan fingerprint density at radius 3 is 2.90 bits per heavy atom. The first-order chi connectivity index (χ1) is 10.0. The van der Waals surface area contributed by atoms with Gasteiger partial charge in [0, 0.05) is 6.54 Å². The van der Waals surface area contributed by atoms with Gasteiger partial charge in [0.2, 0.25) is 0 Å². The van der Waals surface area contributed by atoms with Crippen LogP contribution in [-0.4, -0.2) is 32.9 Å². The van der Waals surface area contributed by atoms with E-state index >= 15 is 0 Å². The van der Waals surface area contributed by atoms with Crippen LogP contribution < -0.4 is 5.32 Å². The molecular weight excluding hydrogens is 266 g/mol. The predicted molar refractivity (Wildman–Crippen MR) is 82.2 cm³/mol. The Hall–Kier alpha value is -1.36. The molecule has 118 valence electrons. The second kappa shape index (κ2) is 6.60. The van der Waals surface area contributed by atoms with Crippen LogP contribution >= 0.6 is 0 Å². The van der Waals surface area contributed by atoms with Crippen LogP contribution in [0.1, 0.15) is 62.6 Å². The summed E-state index contributed by atoms with van der Waals surface area (Å²) in [6, 6.07) is 1.86. The third kappa shape index (κ3) is 3.46. The minimum absolute atomic E-state index is 0.00395. The van der Waals surface area contributed by atoms with E-state index in [1.807, 2.05) is 19.9 Å². The van der Waals surface area contributed by atoms with Crippen LogP contribution in [-0.2, 0) is 13.0 Å². The molecule has 0 radical (unpaired) electrons. The van der Waals surface area contributed by atoms with Crippen molar-refractivity contribution >= 4 is 5.91 Å². The zero-order valence-corrected chi connectivity index (χ0v) is 13.4. The predicted octanol–water partition coefficient (Wildman–Crippen LogP) is 2.14. The zero-order chi connectivity index (χ0) is 15.5. The fraction of sp³-hybridized carbons (Fsp3) is 0.750. The molecule has 1 saturated carbocycles. The maximum atomic E-state index is 12.6. The van der Waals surface area contributed by atoms with Crippen LogP contribution in [0.2, 0.25) is 0 Å². The van der Waals surface area contributed by atoms with Crippen molar-refractivity contribution in [3.63, 3.8) is 0 Å². The lowest BCUT2D eigenvalue weighted by atomic mass is 9.77. The standard InChI is InChI=1S/C16H27N3O2/c1-4-13-9-14(19(5-2)18-13)15(21)17-16(11-20)8-6-7-12(3)10-16/h9,12,20H,4-8,10-11H2,1-3H3,(H,17,21). The van der Waals surface area contributed by atoms with Crippen LogP contribution in [0, 0.1) is 5.92 Å². The summed E-state index contributed by atoms with van der Waals surface area (Å²) in [6.07, 6.45) is 4.73. The molecule has 2 N–H and O–H groups in total. The molecule has 0 spiro atoms. The van der Waals surface area contributed by atoms with Gasteiger partial charge in [-0.15, -0.1) is 0 Å². The molecule has 0 aliphatic heterocycles. The Labute approximate surface area is 126 Å². The van der Waals surface area contributed by atoms with Crippen molar-refractivity contribution in [3.8, 4) is 0 Å². The highest BCUT2D eigenvalue weighted by Gasteiger charge is 2.36. The minimum Gasteiger partial charge on any atom is -0.394 e. The summed E-state index contributed by atoms with van der Waals surface area (Å²) in [5.41, 5.74) is 1.06. The number of carbonyl (C=O) groups is 1. The number of rotatable bonds is 5. The molecule has 1 heterocycles. The first-order valence-corrected chi connectivity index (χ1v) is 8.03. The average molecular weight is 293 g/mol.